The summed E-state index contributed by atoms with van der Waals surface area (Å²) in [5, 5.41) is 0. The van der Waals surface area contributed by atoms with Crippen LogP contribution in [0.1, 0.15) is 73.4 Å². The first-order valence-corrected chi connectivity index (χ1v) is 8.35. The third-order valence-corrected chi connectivity index (χ3v) is 4.89. The molecule has 3 nitrogen and oxygen atoms in total. The lowest BCUT2D eigenvalue weighted by Crippen LogP contribution is -2.23. The molecule has 0 saturated heterocycles. The maximum Gasteiger partial charge on any atom is 0.277 e. The average Bonchev–Trinajstić information content (AvgIpc) is 2.78. The molecule has 1 atom stereocenters. The van der Waals surface area contributed by atoms with Gasteiger partial charge in [-0.2, -0.15) is 0 Å². The van der Waals surface area contributed by atoms with E-state index in [9.17, 15) is 0 Å². The van der Waals surface area contributed by atoms with Gasteiger partial charge >= 0.3 is 0 Å². The van der Waals surface area contributed by atoms with Crippen LogP contribution in [0.2, 0.25) is 0 Å². The van der Waals surface area contributed by atoms with Crippen LogP contribution in [0.25, 0.3) is 0 Å². The molecule has 1 aliphatic heterocycles. The van der Waals surface area contributed by atoms with Gasteiger partial charge in [-0.05, 0) is 29.0 Å². The molecule has 1 unspecified atom stereocenters. The maximum atomic E-state index is 6.32. The monoisotopic (exact) mass is 308 g/mol. The van der Waals surface area contributed by atoms with Gasteiger partial charge in [0, 0.05) is 23.5 Å². The molecular weight excluding hydrogens is 282 g/mol. The molecule has 3 rings (SSSR count). The molecule has 2 N–H and O–H groups in total. The van der Waals surface area contributed by atoms with E-state index in [1.54, 1.807) is 0 Å². The van der Waals surface area contributed by atoms with Crippen molar-refractivity contribution >= 4 is 5.84 Å². The van der Waals surface area contributed by atoms with Gasteiger partial charge in [0.05, 0.1) is 12.6 Å². The molecule has 0 radical (unpaired) electrons. The standard InChI is InChI=1S/C20H25N3/c1-12(2)14-6-7-15(17(10-14)13(3)4)19-16-8-9-22-11-18(16)20(21)23(19)5/h6-13,19,21H,1-5H3/p+1. The number of hydrogen-bond donors (Lipinski definition) is 1. The zero-order chi connectivity index (χ0) is 16.7. The van der Waals surface area contributed by atoms with E-state index in [1.165, 1.54) is 22.3 Å². The molecular formula is C20H26N3+. The van der Waals surface area contributed by atoms with Crippen molar-refractivity contribution in [1.82, 2.24) is 4.98 Å². The van der Waals surface area contributed by atoms with E-state index in [0.29, 0.717) is 11.8 Å². The topological polar surface area (TPSA) is 41.9 Å². The van der Waals surface area contributed by atoms with E-state index in [1.807, 2.05) is 12.4 Å². The predicted octanol–water partition coefficient (Wildman–Crippen LogP) is 3.78. The van der Waals surface area contributed by atoms with E-state index in [-0.39, 0.29) is 6.04 Å². The summed E-state index contributed by atoms with van der Waals surface area (Å²) in [4.78, 5) is 4.24. The summed E-state index contributed by atoms with van der Waals surface area (Å²) in [5.74, 6) is 1.82. The van der Waals surface area contributed by atoms with Crippen LogP contribution in [0.5, 0.6) is 0 Å². The largest absolute Gasteiger partial charge is 0.287 e. The zero-order valence-corrected chi connectivity index (χ0v) is 14.7. The average molecular weight is 308 g/mol. The number of hydrogen-bond acceptors (Lipinski definition) is 2. The fourth-order valence-corrected chi connectivity index (χ4v) is 3.47. The third-order valence-electron chi connectivity index (χ3n) is 4.89. The molecule has 23 heavy (non-hydrogen) atoms. The van der Waals surface area contributed by atoms with Gasteiger partial charge in [-0.25, -0.2) is 0 Å². The van der Waals surface area contributed by atoms with Crippen molar-refractivity contribution in [3.8, 4) is 0 Å². The second-order valence-corrected chi connectivity index (χ2v) is 7.06. The molecule has 120 valence electrons. The number of aromatic nitrogens is 1. The van der Waals surface area contributed by atoms with Crippen molar-refractivity contribution < 1.29 is 4.58 Å². The molecule has 1 aromatic carbocycles. The second kappa shape index (κ2) is 5.80. The van der Waals surface area contributed by atoms with Crippen LogP contribution in [0.3, 0.4) is 0 Å². The lowest BCUT2D eigenvalue weighted by Gasteiger charge is -2.21. The molecule has 2 heterocycles. The Bertz CT molecular complexity index is 772. The number of pyridine rings is 1. The minimum absolute atomic E-state index is 0.173. The summed E-state index contributed by atoms with van der Waals surface area (Å²) < 4.78 is 2.17. The first-order chi connectivity index (χ1) is 10.9. The van der Waals surface area contributed by atoms with Crippen molar-refractivity contribution in [2.45, 2.75) is 45.6 Å². The molecule has 1 aliphatic rings. The van der Waals surface area contributed by atoms with E-state index in [0.717, 1.165) is 11.4 Å². The number of amidine groups is 1. The number of fused-ring (bicyclic) bond motifs is 1. The highest BCUT2D eigenvalue weighted by Gasteiger charge is 2.35. The fraction of sp³-hybridized carbons (Fsp3) is 0.400. The third kappa shape index (κ3) is 2.54. The van der Waals surface area contributed by atoms with E-state index >= 15 is 0 Å². The van der Waals surface area contributed by atoms with Crippen molar-refractivity contribution in [3.63, 3.8) is 0 Å². The van der Waals surface area contributed by atoms with Crippen LogP contribution >= 0.6 is 0 Å². The van der Waals surface area contributed by atoms with Gasteiger partial charge in [-0.3, -0.25) is 15.3 Å². The highest BCUT2D eigenvalue weighted by molar-refractivity contribution is 5.96. The quantitative estimate of drug-likeness (QED) is 0.877. The second-order valence-electron chi connectivity index (χ2n) is 7.06. The number of benzene rings is 1. The molecule has 3 heteroatoms. The summed E-state index contributed by atoms with van der Waals surface area (Å²) in [6, 6.07) is 9.18. The summed E-state index contributed by atoms with van der Waals surface area (Å²) in [5.41, 5.74) is 12.8. The van der Waals surface area contributed by atoms with Crippen LogP contribution in [0, 0.1) is 0 Å². The maximum absolute atomic E-state index is 6.32. The Balaban J connectivity index is 2.19. The molecule has 1 aromatic heterocycles. The number of nitrogens with two attached hydrogens (primary N) is 1. The van der Waals surface area contributed by atoms with E-state index in [2.05, 4.69) is 68.6 Å². The van der Waals surface area contributed by atoms with Gasteiger partial charge in [-0.15, -0.1) is 0 Å². The highest BCUT2D eigenvalue weighted by atomic mass is 15.1. The summed E-state index contributed by atoms with van der Waals surface area (Å²) in [6.07, 6.45) is 3.73. The van der Waals surface area contributed by atoms with E-state index < -0.39 is 0 Å². The Morgan fingerprint density at radius 2 is 1.78 bits per heavy atom. The Kier molecular flexibility index (Phi) is 3.97. The van der Waals surface area contributed by atoms with Crippen molar-refractivity contribution in [2.24, 2.45) is 5.73 Å². The van der Waals surface area contributed by atoms with Gasteiger partial charge in [-0.1, -0.05) is 45.9 Å². The van der Waals surface area contributed by atoms with Gasteiger partial charge < -0.3 is 0 Å². The van der Waals surface area contributed by atoms with Crippen molar-refractivity contribution in [2.75, 3.05) is 7.05 Å². The van der Waals surface area contributed by atoms with Crippen LogP contribution in [-0.4, -0.2) is 22.4 Å². The minimum atomic E-state index is 0.173. The zero-order valence-electron chi connectivity index (χ0n) is 14.7. The van der Waals surface area contributed by atoms with Crippen LogP contribution in [-0.2, 0) is 0 Å². The van der Waals surface area contributed by atoms with E-state index in [4.69, 9.17) is 5.73 Å². The molecule has 2 aromatic rings. The van der Waals surface area contributed by atoms with Gasteiger partial charge in [0.2, 0.25) is 0 Å². The van der Waals surface area contributed by atoms with Crippen LogP contribution in [0.4, 0.5) is 0 Å². The first kappa shape index (κ1) is 15.7. The molecule has 0 saturated carbocycles. The molecule has 0 amide bonds. The number of nitrogens with zero attached hydrogens (tertiary/aromatic N) is 2. The minimum Gasteiger partial charge on any atom is -0.287 e. The predicted molar refractivity (Wildman–Crippen MR) is 95.2 cm³/mol. The van der Waals surface area contributed by atoms with Gasteiger partial charge in [0.15, 0.2) is 0 Å². The molecule has 0 bridgehead atoms. The van der Waals surface area contributed by atoms with Gasteiger partial charge in [0.25, 0.3) is 5.84 Å². The lowest BCUT2D eigenvalue weighted by atomic mass is 9.86. The molecule has 0 fully saturated rings. The first-order valence-electron chi connectivity index (χ1n) is 8.35. The van der Waals surface area contributed by atoms with Crippen molar-refractivity contribution in [1.29, 1.82) is 0 Å². The fourth-order valence-electron chi connectivity index (χ4n) is 3.47. The normalized spacial score (nSPS) is 17.3. The SMILES string of the molecule is CC(C)c1ccc(C2c3ccncc3C(N)=[N+]2C)c(C(C)C)c1. The molecule has 0 aliphatic carbocycles. The number of rotatable bonds is 3. The Labute approximate surface area is 138 Å². The lowest BCUT2D eigenvalue weighted by molar-refractivity contribution is -0.529. The smallest absolute Gasteiger partial charge is 0.277 e. The Hall–Kier alpha value is -2.16. The summed E-state index contributed by atoms with van der Waals surface area (Å²) in [7, 11) is 2.07. The Morgan fingerprint density at radius 1 is 1.04 bits per heavy atom. The summed E-state index contributed by atoms with van der Waals surface area (Å²) in [6.45, 7) is 9.01. The van der Waals surface area contributed by atoms with Crippen molar-refractivity contribution in [3.05, 3.63) is 64.5 Å². The van der Waals surface area contributed by atoms with Crippen LogP contribution in [0.15, 0.2) is 36.7 Å². The Morgan fingerprint density at radius 3 is 2.43 bits per heavy atom. The highest BCUT2D eigenvalue weighted by Crippen LogP contribution is 2.37. The van der Waals surface area contributed by atoms with Gasteiger partial charge in [0.1, 0.15) is 6.04 Å². The summed E-state index contributed by atoms with van der Waals surface area (Å²) >= 11 is 0. The van der Waals surface area contributed by atoms with Crippen LogP contribution < -0.4 is 5.73 Å². The molecule has 0 spiro atoms.